The van der Waals surface area contributed by atoms with Crippen LogP contribution < -0.4 is 16.0 Å². The Kier molecular flexibility index (Phi) is 8.02. The van der Waals surface area contributed by atoms with Gasteiger partial charge in [-0.2, -0.15) is 5.26 Å². The Bertz CT molecular complexity index is 649. The summed E-state index contributed by atoms with van der Waals surface area (Å²) < 4.78 is 5.17. The number of ether oxygens (including phenoxy) is 1. The van der Waals surface area contributed by atoms with Crippen molar-refractivity contribution in [1.82, 2.24) is 5.32 Å². The topological polar surface area (TPSA) is 108 Å². The summed E-state index contributed by atoms with van der Waals surface area (Å²) in [5.41, 5.74) is 6.51. The highest BCUT2D eigenvalue weighted by molar-refractivity contribution is 6.01. The van der Waals surface area contributed by atoms with E-state index in [-0.39, 0.29) is 11.5 Å². The van der Waals surface area contributed by atoms with Crippen LogP contribution in [-0.4, -0.2) is 31.6 Å². The summed E-state index contributed by atoms with van der Waals surface area (Å²) in [4.78, 5) is 25.1. The number of hydrogen-bond acceptors (Lipinski definition) is 5. The zero-order valence-corrected chi connectivity index (χ0v) is 13.9. The van der Waals surface area contributed by atoms with Gasteiger partial charge in [0.15, 0.2) is 0 Å². The van der Waals surface area contributed by atoms with E-state index < -0.39 is 5.91 Å². The number of benzene rings is 1. The predicted octanol–water partition coefficient (Wildman–Crippen LogP) is 1.57. The minimum atomic E-state index is -0.538. The van der Waals surface area contributed by atoms with Gasteiger partial charge in [-0.25, -0.2) is 0 Å². The van der Waals surface area contributed by atoms with Gasteiger partial charge in [0.25, 0.3) is 5.91 Å². The van der Waals surface area contributed by atoms with Crippen LogP contribution in [0.4, 0.5) is 11.4 Å². The highest BCUT2D eigenvalue weighted by atomic mass is 16.5. The van der Waals surface area contributed by atoms with Gasteiger partial charge in [-0.05, 0) is 31.5 Å². The number of rotatable bonds is 8. The van der Waals surface area contributed by atoms with Crippen molar-refractivity contribution in [2.24, 2.45) is 0 Å². The fourth-order valence-corrected chi connectivity index (χ4v) is 1.90. The smallest absolute Gasteiger partial charge is 0.263 e. The Morgan fingerprint density at radius 1 is 1.46 bits per heavy atom. The summed E-state index contributed by atoms with van der Waals surface area (Å²) in [6, 6.07) is 8.45. The zero-order chi connectivity index (χ0) is 17.9. The van der Waals surface area contributed by atoms with Crippen molar-refractivity contribution in [3.05, 3.63) is 36.0 Å². The second kappa shape index (κ2) is 10.0. The molecule has 0 atom stereocenters. The molecule has 0 aromatic heterocycles. The lowest BCUT2D eigenvalue weighted by Crippen LogP contribution is -2.29. The number of amides is 2. The first-order chi connectivity index (χ1) is 11.5. The van der Waals surface area contributed by atoms with E-state index in [2.05, 4.69) is 5.32 Å². The standard InChI is InChI=1S/C17H22N4O3/c1-3-24-9-5-8-20-17(23)14(11-18)12-21(13(2)22)16-7-4-6-15(19)10-16/h4,6-7,10,12H,3,5,8-9,19H2,1-2H3,(H,20,23)/b14-12-. The molecule has 0 aliphatic carbocycles. The lowest BCUT2D eigenvalue weighted by Gasteiger charge is -2.17. The summed E-state index contributed by atoms with van der Waals surface area (Å²) in [5.74, 6) is -0.873. The summed E-state index contributed by atoms with van der Waals surface area (Å²) in [6.07, 6.45) is 1.86. The van der Waals surface area contributed by atoms with E-state index in [0.717, 1.165) is 0 Å². The number of nitrogens with zero attached hydrogens (tertiary/aromatic N) is 2. The van der Waals surface area contributed by atoms with Crippen LogP contribution in [0.25, 0.3) is 0 Å². The van der Waals surface area contributed by atoms with E-state index in [4.69, 9.17) is 10.5 Å². The van der Waals surface area contributed by atoms with E-state index in [1.807, 2.05) is 13.0 Å². The van der Waals surface area contributed by atoms with Gasteiger partial charge in [-0.3, -0.25) is 14.5 Å². The van der Waals surface area contributed by atoms with Crippen molar-refractivity contribution < 1.29 is 14.3 Å². The molecule has 1 rings (SSSR count). The summed E-state index contributed by atoms with van der Waals surface area (Å²) >= 11 is 0. The molecule has 0 heterocycles. The molecule has 1 aromatic carbocycles. The normalized spacial score (nSPS) is 10.8. The van der Waals surface area contributed by atoms with Crippen LogP contribution in [0, 0.1) is 11.3 Å². The van der Waals surface area contributed by atoms with Gasteiger partial charge in [-0.1, -0.05) is 6.07 Å². The third-order valence-electron chi connectivity index (χ3n) is 3.07. The van der Waals surface area contributed by atoms with Crippen LogP contribution in [-0.2, 0) is 14.3 Å². The molecule has 0 saturated heterocycles. The van der Waals surface area contributed by atoms with Gasteiger partial charge in [0, 0.05) is 38.6 Å². The van der Waals surface area contributed by atoms with Gasteiger partial charge in [-0.15, -0.1) is 0 Å². The van der Waals surface area contributed by atoms with E-state index in [0.29, 0.717) is 37.6 Å². The number of nitrogen functional groups attached to an aromatic ring is 1. The van der Waals surface area contributed by atoms with E-state index in [1.165, 1.54) is 18.0 Å². The fourth-order valence-electron chi connectivity index (χ4n) is 1.90. The van der Waals surface area contributed by atoms with Gasteiger partial charge in [0.05, 0.1) is 5.69 Å². The molecule has 1 aromatic rings. The van der Waals surface area contributed by atoms with Crippen LogP contribution in [0.2, 0.25) is 0 Å². The lowest BCUT2D eigenvalue weighted by molar-refractivity contribution is -0.117. The maximum absolute atomic E-state index is 12.1. The highest BCUT2D eigenvalue weighted by Gasteiger charge is 2.15. The first-order valence-electron chi connectivity index (χ1n) is 7.62. The molecule has 0 aliphatic rings. The lowest BCUT2D eigenvalue weighted by atomic mass is 10.2. The fraction of sp³-hybridized carbons (Fsp3) is 0.353. The SMILES string of the molecule is CCOCCCNC(=O)/C(C#N)=C\N(C(C)=O)c1cccc(N)c1. The molecule has 128 valence electrons. The number of carbonyl (C=O) groups is 2. The molecule has 7 nitrogen and oxygen atoms in total. The molecule has 0 bridgehead atoms. The van der Waals surface area contributed by atoms with Crippen molar-refractivity contribution in [3.63, 3.8) is 0 Å². The molecular formula is C17H22N4O3. The Morgan fingerprint density at radius 3 is 2.79 bits per heavy atom. The summed E-state index contributed by atoms with van der Waals surface area (Å²) in [7, 11) is 0. The second-order valence-corrected chi connectivity index (χ2v) is 4.94. The van der Waals surface area contributed by atoms with E-state index >= 15 is 0 Å². The summed E-state index contributed by atoms with van der Waals surface area (Å²) in [6.45, 7) is 4.77. The predicted molar refractivity (Wildman–Crippen MR) is 91.8 cm³/mol. The third kappa shape index (κ3) is 6.10. The molecule has 0 aliphatic heterocycles. The third-order valence-corrected chi connectivity index (χ3v) is 3.07. The van der Waals surface area contributed by atoms with Gasteiger partial charge in [0.2, 0.25) is 5.91 Å². The van der Waals surface area contributed by atoms with E-state index in [1.54, 1.807) is 24.3 Å². The quantitative estimate of drug-likeness (QED) is 0.325. The Morgan fingerprint density at radius 2 is 2.21 bits per heavy atom. The van der Waals surface area contributed by atoms with Crippen molar-refractivity contribution in [2.45, 2.75) is 20.3 Å². The molecule has 0 unspecified atom stereocenters. The number of hydrogen-bond donors (Lipinski definition) is 2. The average Bonchev–Trinajstić information content (AvgIpc) is 2.55. The monoisotopic (exact) mass is 330 g/mol. The van der Waals surface area contributed by atoms with Gasteiger partial charge in [0.1, 0.15) is 11.6 Å². The van der Waals surface area contributed by atoms with Crippen molar-refractivity contribution in [3.8, 4) is 6.07 Å². The summed E-state index contributed by atoms with van der Waals surface area (Å²) in [5, 5.41) is 11.8. The molecule has 0 spiro atoms. The van der Waals surface area contributed by atoms with Crippen LogP contribution >= 0.6 is 0 Å². The van der Waals surface area contributed by atoms with E-state index in [9.17, 15) is 14.9 Å². The molecule has 24 heavy (non-hydrogen) atoms. The number of anilines is 2. The minimum Gasteiger partial charge on any atom is -0.399 e. The zero-order valence-electron chi connectivity index (χ0n) is 13.9. The first-order valence-corrected chi connectivity index (χ1v) is 7.62. The molecular weight excluding hydrogens is 308 g/mol. The first kappa shape index (κ1) is 19.2. The molecule has 2 amide bonds. The maximum Gasteiger partial charge on any atom is 0.263 e. The largest absolute Gasteiger partial charge is 0.399 e. The molecule has 0 radical (unpaired) electrons. The van der Waals surface area contributed by atoms with Crippen molar-refractivity contribution >= 4 is 23.2 Å². The maximum atomic E-state index is 12.1. The second-order valence-electron chi connectivity index (χ2n) is 4.94. The Balaban J connectivity index is 2.84. The Labute approximate surface area is 141 Å². The van der Waals surface area contributed by atoms with Crippen LogP contribution in [0.15, 0.2) is 36.0 Å². The van der Waals surface area contributed by atoms with Gasteiger partial charge >= 0.3 is 0 Å². The average molecular weight is 330 g/mol. The van der Waals surface area contributed by atoms with Crippen LogP contribution in [0.3, 0.4) is 0 Å². The number of nitrogens with one attached hydrogen (secondary N) is 1. The van der Waals surface area contributed by atoms with Crippen LogP contribution in [0.5, 0.6) is 0 Å². The number of carbonyl (C=O) groups excluding carboxylic acids is 2. The van der Waals surface area contributed by atoms with Crippen molar-refractivity contribution in [2.75, 3.05) is 30.4 Å². The van der Waals surface area contributed by atoms with Crippen molar-refractivity contribution in [1.29, 1.82) is 5.26 Å². The van der Waals surface area contributed by atoms with Gasteiger partial charge < -0.3 is 15.8 Å². The molecule has 7 heteroatoms. The Hall–Kier alpha value is -2.85. The number of nitriles is 1. The molecule has 3 N–H and O–H groups in total. The highest BCUT2D eigenvalue weighted by Crippen LogP contribution is 2.19. The minimum absolute atomic E-state index is 0.163. The molecule has 0 fully saturated rings. The molecule has 0 saturated carbocycles. The van der Waals surface area contributed by atoms with Crippen LogP contribution in [0.1, 0.15) is 20.3 Å². The number of nitrogens with two attached hydrogens (primary N) is 1.